The number of nitrogens with one attached hydrogen (secondary N) is 1. The number of thiophene rings is 1. The van der Waals surface area contributed by atoms with Crippen LogP contribution in [0.4, 0.5) is 0 Å². The van der Waals surface area contributed by atoms with Gasteiger partial charge in [0.2, 0.25) is 0 Å². The summed E-state index contributed by atoms with van der Waals surface area (Å²) in [5.41, 5.74) is 4.05. The van der Waals surface area contributed by atoms with Crippen molar-refractivity contribution in [2.45, 2.75) is 20.0 Å². The summed E-state index contributed by atoms with van der Waals surface area (Å²) in [6, 6.07) is 8.57. The van der Waals surface area contributed by atoms with Crippen LogP contribution in [0.1, 0.15) is 16.7 Å². The van der Waals surface area contributed by atoms with Crippen LogP contribution in [0.5, 0.6) is 0 Å². The van der Waals surface area contributed by atoms with Crippen molar-refractivity contribution < 1.29 is 0 Å². The molecule has 84 valence electrons. The Morgan fingerprint density at radius 2 is 2.12 bits per heavy atom. The maximum atomic E-state index is 3.48. The third kappa shape index (κ3) is 3.17. The summed E-state index contributed by atoms with van der Waals surface area (Å²) >= 11 is 5.22. The molecule has 1 N–H and O–H groups in total. The number of benzene rings is 1. The Morgan fingerprint density at radius 3 is 2.81 bits per heavy atom. The van der Waals surface area contributed by atoms with E-state index in [0.29, 0.717) is 0 Å². The molecule has 1 aromatic heterocycles. The van der Waals surface area contributed by atoms with Crippen LogP contribution in [-0.2, 0) is 13.1 Å². The zero-order valence-electron chi connectivity index (χ0n) is 9.16. The van der Waals surface area contributed by atoms with Gasteiger partial charge < -0.3 is 5.32 Å². The number of hydrogen-bond donors (Lipinski definition) is 1. The fourth-order valence-corrected chi connectivity index (χ4v) is 2.74. The topological polar surface area (TPSA) is 12.0 Å². The molecule has 0 saturated heterocycles. The van der Waals surface area contributed by atoms with Crippen molar-refractivity contribution in [2.24, 2.45) is 0 Å². The molecule has 0 unspecified atom stereocenters. The van der Waals surface area contributed by atoms with Crippen molar-refractivity contribution in [1.29, 1.82) is 0 Å². The molecule has 0 aliphatic carbocycles. The molecule has 0 saturated carbocycles. The third-order valence-corrected chi connectivity index (χ3v) is 3.75. The fraction of sp³-hybridized carbons (Fsp3) is 0.231. The smallest absolute Gasteiger partial charge is 0.0216 e. The number of hydrogen-bond acceptors (Lipinski definition) is 2. The lowest BCUT2D eigenvalue weighted by molar-refractivity contribution is 0.692. The van der Waals surface area contributed by atoms with Crippen molar-refractivity contribution in [3.8, 4) is 0 Å². The van der Waals surface area contributed by atoms with Gasteiger partial charge in [-0.3, -0.25) is 0 Å². The van der Waals surface area contributed by atoms with Crippen molar-refractivity contribution in [1.82, 2.24) is 5.32 Å². The van der Waals surface area contributed by atoms with Crippen LogP contribution in [0.2, 0.25) is 0 Å². The Balaban J connectivity index is 1.90. The van der Waals surface area contributed by atoms with E-state index in [2.05, 4.69) is 63.2 Å². The molecule has 2 rings (SSSR count). The van der Waals surface area contributed by atoms with E-state index in [4.69, 9.17) is 0 Å². The van der Waals surface area contributed by atoms with E-state index >= 15 is 0 Å². The average Bonchev–Trinajstić information content (AvgIpc) is 2.74. The first-order valence-electron chi connectivity index (χ1n) is 5.22. The molecule has 1 heterocycles. The van der Waals surface area contributed by atoms with Gasteiger partial charge in [-0.05, 0) is 52.6 Å². The van der Waals surface area contributed by atoms with Crippen LogP contribution < -0.4 is 5.32 Å². The van der Waals surface area contributed by atoms with Gasteiger partial charge in [0.25, 0.3) is 0 Å². The van der Waals surface area contributed by atoms with E-state index in [1.54, 1.807) is 11.3 Å². The molecule has 0 fully saturated rings. The van der Waals surface area contributed by atoms with Crippen molar-refractivity contribution in [3.63, 3.8) is 0 Å². The van der Waals surface area contributed by atoms with E-state index < -0.39 is 0 Å². The van der Waals surface area contributed by atoms with Crippen LogP contribution in [-0.4, -0.2) is 0 Å². The molecule has 0 radical (unpaired) electrons. The molecule has 0 atom stereocenters. The predicted octanol–water partition coefficient (Wildman–Crippen LogP) is 4.11. The van der Waals surface area contributed by atoms with Gasteiger partial charge in [-0.25, -0.2) is 0 Å². The van der Waals surface area contributed by atoms with E-state index in [-0.39, 0.29) is 0 Å². The highest BCUT2D eigenvalue weighted by atomic mass is 79.9. The van der Waals surface area contributed by atoms with E-state index in [0.717, 1.165) is 17.6 Å². The van der Waals surface area contributed by atoms with Gasteiger partial charge in [0.15, 0.2) is 0 Å². The fourth-order valence-electron chi connectivity index (χ4n) is 1.59. The molecular formula is C13H14BrNS. The second-order valence-electron chi connectivity index (χ2n) is 3.81. The summed E-state index contributed by atoms with van der Waals surface area (Å²) in [5.74, 6) is 0. The van der Waals surface area contributed by atoms with E-state index in [1.807, 2.05) is 0 Å². The van der Waals surface area contributed by atoms with Gasteiger partial charge in [0, 0.05) is 17.6 Å². The largest absolute Gasteiger partial charge is 0.309 e. The van der Waals surface area contributed by atoms with Crippen LogP contribution >= 0.6 is 27.3 Å². The summed E-state index contributed by atoms with van der Waals surface area (Å²) in [5, 5.41) is 7.75. The Kier molecular flexibility index (Phi) is 4.16. The number of aryl methyl sites for hydroxylation is 1. The molecule has 1 aromatic carbocycles. The van der Waals surface area contributed by atoms with Crippen molar-refractivity contribution >= 4 is 27.3 Å². The quantitative estimate of drug-likeness (QED) is 0.895. The van der Waals surface area contributed by atoms with Gasteiger partial charge >= 0.3 is 0 Å². The highest BCUT2D eigenvalue weighted by Gasteiger charge is 1.99. The standard InChI is InChI=1S/C13H14BrNS/c1-10-6-13(14)3-2-12(10)8-15-7-11-4-5-16-9-11/h2-6,9,15H,7-8H2,1H3. The zero-order valence-corrected chi connectivity index (χ0v) is 11.6. The Hall–Kier alpha value is -0.640. The van der Waals surface area contributed by atoms with E-state index in [1.165, 1.54) is 16.7 Å². The normalized spacial score (nSPS) is 10.6. The van der Waals surface area contributed by atoms with Crippen LogP contribution in [0, 0.1) is 6.92 Å². The lowest BCUT2D eigenvalue weighted by Gasteiger charge is -2.07. The molecule has 0 spiro atoms. The van der Waals surface area contributed by atoms with Gasteiger partial charge in [-0.1, -0.05) is 22.0 Å². The van der Waals surface area contributed by atoms with Gasteiger partial charge in [0.05, 0.1) is 0 Å². The molecule has 0 bridgehead atoms. The van der Waals surface area contributed by atoms with Gasteiger partial charge in [-0.2, -0.15) is 11.3 Å². The molecule has 16 heavy (non-hydrogen) atoms. The molecule has 1 nitrogen and oxygen atoms in total. The maximum Gasteiger partial charge on any atom is 0.0216 e. The van der Waals surface area contributed by atoms with E-state index in [9.17, 15) is 0 Å². The highest BCUT2D eigenvalue weighted by Crippen LogP contribution is 2.15. The molecule has 2 aromatic rings. The summed E-state index contributed by atoms with van der Waals surface area (Å²) in [7, 11) is 0. The second kappa shape index (κ2) is 5.62. The van der Waals surface area contributed by atoms with Gasteiger partial charge in [0.1, 0.15) is 0 Å². The minimum absolute atomic E-state index is 0.926. The second-order valence-corrected chi connectivity index (χ2v) is 5.50. The van der Waals surface area contributed by atoms with Gasteiger partial charge in [-0.15, -0.1) is 0 Å². The lowest BCUT2D eigenvalue weighted by Crippen LogP contribution is -2.12. The first-order chi connectivity index (χ1) is 7.75. The zero-order chi connectivity index (χ0) is 11.4. The van der Waals surface area contributed by atoms with Crippen molar-refractivity contribution in [2.75, 3.05) is 0 Å². The average molecular weight is 296 g/mol. The Bertz CT molecular complexity index is 451. The number of halogens is 1. The SMILES string of the molecule is Cc1cc(Br)ccc1CNCc1ccsc1. The molecule has 3 heteroatoms. The number of rotatable bonds is 4. The van der Waals surface area contributed by atoms with Crippen molar-refractivity contribution in [3.05, 3.63) is 56.2 Å². The first kappa shape index (κ1) is 11.8. The summed E-state index contributed by atoms with van der Waals surface area (Å²) in [4.78, 5) is 0. The first-order valence-corrected chi connectivity index (χ1v) is 6.96. The molecule has 0 aliphatic rings. The Labute approximate surface area is 109 Å². The molecule has 0 aliphatic heterocycles. The third-order valence-electron chi connectivity index (χ3n) is 2.53. The summed E-state index contributed by atoms with van der Waals surface area (Å²) in [6.45, 7) is 4.01. The lowest BCUT2D eigenvalue weighted by atomic mass is 10.1. The minimum Gasteiger partial charge on any atom is -0.309 e. The molecular weight excluding hydrogens is 282 g/mol. The van der Waals surface area contributed by atoms with Crippen LogP contribution in [0.15, 0.2) is 39.5 Å². The monoisotopic (exact) mass is 295 g/mol. The Morgan fingerprint density at radius 1 is 1.25 bits per heavy atom. The van der Waals surface area contributed by atoms with Crippen LogP contribution in [0.25, 0.3) is 0 Å². The minimum atomic E-state index is 0.926. The summed E-state index contributed by atoms with van der Waals surface area (Å²) in [6.07, 6.45) is 0. The highest BCUT2D eigenvalue weighted by molar-refractivity contribution is 9.10. The van der Waals surface area contributed by atoms with Crippen LogP contribution in [0.3, 0.4) is 0 Å². The summed E-state index contributed by atoms with van der Waals surface area (Å²) < 4.78 is 1.14. The maximum absolute atomic E-state index is 3.48. The predicted molar refractivity (Wildman–Crippen MR) is 73.7 cm³/mol. The molecule has 0 amide bonds.